The third-order valence-electron chi connectivity index (χ3n) is 7.40. The lowest BCUT2D eigenvalue weighted by molar-refractivity contribution is 0.119. The molecule has 1 fully saturated rings. The molecule has 4 heterocycles. The smallest absolute Gasteiger partial charge is 0.407 e. The molecule has 1 amide bonds. The van der Waals surface area contributed by atoms with E-state index in [0.29, 0.717) is 50.5 Å². The van der Waals surface area contributed by atoms with E-state index in [4.69, 9.17) is 14.4 Å². The molecule has 3 aliphatic rings. The van der Waals surface area contributed by atoms with Gasteiger partial charge in [-0.2, -0.15) is 5.26 Å². The van der Waals surface area contributed by atoms with Crippen molar-refractivity contribution in [2.75, 3.05) is 24.5 Å². The SMILES string of the molecule is Cc1nnc(-c2nc3c(c(N4CCN(C(=O)O)[C@@H](CC#N)C4)n2)CN(C2CCc4ccccc42)C3)o1. The van der Waals surface area contributed by atoms with Gasteiger partial charge in [0, 0.05) is 51.3 Å². The summed E-state index contributed by atoms with van der Waals surface area (Å²) in [6.45, 7) is 4.27. The molecule has 0 saturated carbocycles. The van der Waals surface area contributed by atoms with Gasteiger partial charge in [0.1, 0.15) is 5.82 Å². The van der Waals surface area contributed by atoms with Crippen LogP contribution in [0.25, 0.3) is 11.7 Å². The molecule has 1 N–H and O–H groups in total. The van der Waals surface area contributed by atoms with E-state index in [1.54, 1.807) is 6.92 Å². The summed E-state index contributed by atoms with van der Waals surface area (Å²) < 4.78 is 5.64. The third kappa shape index (κ3) is 3.83. The van der Waals surface area contributed by atoms with E-state index in [1.165, 1.54) is 16.0 Å². The van der Waals surface area contributed by atoms with E-state index in [-0.39, 0.29) is 12.3 Å². The molecule has 3 aromatic rings. The Morgan fingerprint density at radius 2 is 2.08 bits per heavy atom. The van der Waals surface area contributed by atoms with Gasteiger partial charge in [-0.1, -0.05) is 24.3 Å². The van der Waals surface area contributed by atoms with Crippen molar-refractivity contribution in [1.29, 1.82) is 5.26 Å². The summed E-state index contributed by atoms with van der Waals surface area (Å²) >= 11 is 0. The Balaban J connectivity index is 1.37. The summed E-state index contributed by atoms with van der Waals surface area (Å²) in [5.74, 6) is 1.83. The Morgan fingerprint density at radius 3 is 2.86 bits per heavy atom. The van der Waals surface area contributed by atoms with Crippen LogP contribution in [0.1, 0.15) is 47.2 Å². The number of hydrogen-bond donors (Lipinski definition) is 1. The van der Waals surface area contributed by atoms with Gasteiger partial charge >= 0.3 is 6.09 Å². The van der Waals surface area contributed by atoms with E-state index < -0.39 is 12.1 Å². The largest absolute Gasteiger partial charge is 0.465 e. The summed E-state index contributed by atoms with van der Waals surface area (Å²) in [5, 5.41) is 27.0. The number of nitrogens with zero attached hydrogens (tertiary/aromatic N) is 8. The topological polar surface area (TPSA) is 136 Å². The van der Waals surface area contributed by atoms with Gasteiger partial charge in [-0.15, -0.1) is 10.2 Å². The zero-order chi connectivity index (χ0) is 24.8. The standard InChI is InChI=1S/C25H26N8O3/c1-15-29-30-24(36-15)22-27-20-14-32(21-7-6-16-4-2-3-5-18(16)21)13-19(20)23(28-22)31-10-11-33(25(34)35)17(12-31)8-9-26/h2-5,17,21H,6-8,10-14H2,1H3,(H,34,35)/t17-,21?/m0/s1. The van der Waals surface area contributed by atoms with E-state index >= 15 is 0 Å². The fourth-order valence-electron chi connectivity index (χ4n) is 5.72. The summed E-state index contributed by atoms with van der Waals surface area (Å²) in [7, 11) is 0. The number of carbonyl (C=O) groups is 1. The second kappa shape index (κ2) is 8.87. The number of anilines is 1. The Hall–Kier alpha value is -4.04. The number of piperazine rings is 1. The number of aryl methyl sites for hydroxylation is 2. The number of rotatable bonds is 4. The molecule has 11 nitrogen and oxygen atoms in total. The summed E-state index contributed by atoms with van der Waals surface area (Å²) in [6, 6.07) is 10.6. The number of carboxylic acid groups (broad SMARTS) is 1. The number of amides is 1. The second-order valence-electron chi connectivity index (χ2n) is 9.52. The van der Waals surface area contributed by atoms with Crippen molar-refractivity contribution in [1.82, 2.24) is 30.0 Å². The van der Waals surface area contributed by atoms with Gasteiger partial charge < -0.3 is 19.3 Å². The van der Waals surface area contributed by atoms with Crippen LogP contribution in [-0.2, 0) is 19.5 Å². The normalized spacial score (nSPS) is 21.3. The minimum Gasteiger partial charge on any atom is -0.465 e. The number of nitriles is 1. The van der Waals surface area contributed by atoms with Crippen molar-refractivity contribution < 1.29 is 14.3 Å². The van der Waals surface area contributed by atoms with Crippen molar-refractivity contribution in [3.8, 4) is 17.8 Å². The monoisotopic (exact) mass is 486 g/mol. The molecule has 6 rings (SSSR count). The molecule has 184 valence electrons. The van der Waals surface area contributed by atoms with Crippen LogP contribution in [0.5, 0.6) is 0 Å². The highest BCUT2D eigenvalue weighted by Gasteiger charge is 2.38. The Labute approximate surface area is 208 Å². The zero-order valence-corrected chi connectivity index (χ0v) is 20.0. The van der Waals surface area contributed by atoms with Gasteiger partial charge in [0.2, 0.25) is 11.7 Å². The van der Waals surface area contributed by atoms with Crippen molar-refractivity contribution in [3.63, 3.8) is 0 Å². The highest BCUT2D eigenvalue weighted by molar-refractivity contribution is 5.66. The first kappa shape index (κ1) is 22.4. The lowest BCUT2D eigenvalue weighted by Crippen LogP contribution is -2.55. The van der Waals surface area contributed by atoms with E-state index in [0.717, 1.165) is 29.9 Å². The maximum absolute atomic E-state index is 11.7. The highest BCUT2D eigenvalue weighted by atomic mass is 16.4. The molecular formula is C25H26N8O3. The van der Waals surface area contributed by atoms with E-state index in [9.17, 15) is 15.2 Å². The fourth-order valence-corrected chi connectivity index (χ4v) is 5.72. The molecule has 36 heavy (non-hydrogen) atoms. The molecule has 1 aliphatic carbocycles. The molecule has 2 aromatic heterocycles. The Kier molecular flexibility index (Phi) is 5.53. The van der Waals surface area contributed by atoms with Gasteiger partial charge in [-0.3, -0.25) is 4.90 Å². The Morgan fingerprint density at radius 1 is 1.22 bits per heavy atom. The van der Waals surface area contributed by atoms with Crippen LogP contribution < -0.4 is 4.90 Å². The summed E-state index contributed by atoms with van der Waals surface area (Å²) in [4.78, 5) is 27.3. The van der Waals surface area contributed by atoms with Crippen molar-refractivity contribution >= 4 is 11.9 Å². The second-order valence-corrected chi connectivity index (χ2v) is 9.52. The molecule has 0 bridgehead atoms. The summed E-state index contributed by atoms with van der Waals surface area (Å²) in [5.41, 5.74) is 4.74. The van der Waals surface area contributed by atoms with Gasteiger partial charge in [-0.25, -0.2) is 14.8 Å². The fraction of sp³-hybridized carbons (Fsp3) is 0.440. The molecular weight excluding hydrogens is 460 g/mol. The maximum Gasteiger partial charge on any atom is 0.407 e. The van der Waals surface area contributed by atoms with Crippen LogP contribution in [-0.4, -0.2) is 66.8 Å². The first-order valence-electron chi connectivity index (χ1n) is 12.2. The van der Waals surface area contributed by atoms with Crippen molar-refractivity contribution in [2.45, 2.75) is 51.4 Å². The minimum atomic E-state index is -1.00. The lowest BCUT2D eigenvalue weighted by atomic mass is 10.1. The maximum atomic E-state index is 11.7. The summed E-state index contributed by atoms with van der Waals surface area (Å²) in [6.07, 6.45) is 1.24. The van der Waals surface area contributed by atoms with Gasteiger partial charge in [0.25, 0.3) is 5.89 Å². The highest BCUT2D eigenvalue weighted by Crippen LogP contribution is 2.42. The van der Waals surface area contributed by atoms with E-state index in [2.05, 4.69) is 50.3 Å². The number of hydrogen-bond acceptors (Lipinski definition) is 9. The van der Waals surface area contributed by atoms with Crippen LogP contribution in [0.2, 0.25) is 0 Å². The number of benzene rings is 1. The van der Waals surface area contributed by atoms with Crippen LogP contribution in [0, 0.1) is 18.3 Å². The van der Waals surface area contributed by atoms with Crippen LogP contribution in [0.4, 0.5) is 10.6 Å². The predicted octanol–water partition coefficient (Wildman–Crippen LogP) is 2.92. The molecule has 1 unspecified atom stereocenters. The van der Waals surface area contributed by atoms with Gasteiger partial charge in [0.15, 0.2) is 0 Å². The quantitative estimate of drug-likeness (QED) is 0.586. The number of fused-ring (bicyclic) bond motifs is 2. The molecule has 1 aromatic carbocycles. The number of aromatic nitrogens is 4. The van der Waals surface area contributed by atoms with Crippen molar-refractivity contribution in [3.05, 3.63) is 52.5 Å². The zero-order valence-electron chi connectivity index (χ0n) is 20.0. The third-order valence-corrected chi connectivity index (χ3v) is 7.40. The van der Waals surface area contributed by atoms with Crippen LogP contribution >= 0.6 is 0 Å². The molecule has 0 radical (unpaired) electrons. The van der Waals surface area contributed by atoms with Crippen LogP contribution in [0.3, 0.4) is 0 Å². The first-order chi connectivity index (χ1) is 17.5. The van der Waals surface area contributed by atoms with Crippen molar-refractivity contribution in [2.24, 2.45) is 0 Å². The van der Waals surface area contributed by atoms with Crippen LogP contribution in [0.15, 0.2) is 28.7 Å². The molecule has 2 aliphatic heterocycles. The predicted molar refractivity (Wildman–Crippen MR) is 128 cm³/mol. The molecule has 1 saturated heterocycles. The molecule has 11 heteroatoms. The van der Waals surface area contributed by atoms with Gasteiger partial charge in [-0.05, 0) is 24.0 Å². The first-order valence-corrected chi connectivity index (χ1v) is 12.2. The average Bonchev–Trinajstić information content (AvgIpc) is 3.61. The average molecular weight is 487 g/mol. The molecule has 0 spiro atoms. The Bertz CT molecular complexity index is 1370. The minimum absolute atomic E-state index is 0.122. The molecule has 2 atom stereocenters. The van der Waals surface area contributed by atoms with Gasteiger partial charge in [0.05, 0.1) is 24.2 Å². The lowest BCUT2D eigenvalue weighted by Gasteiger charge is -2.40. The van der Waals surface area contributed by atoms with E-state index in [1.807, 2.05) is 0 Å².